The van der Waals surface area contributed by atoms with Gasteiger partial charge in [0.1, 0.15) is 0 Å². The Hall–Kier alpha value is -2.37. The average molecular weight is 291 g/mol. The van der Waals surface area contributed by atoms with E-state index < -0.39 is 11.7 Å². The summed E-state index contributed by atoms with van der Waals surface area (Å²) < 4.78 is 39.2. The number of hydrogen-bond donors (Lipinski definition) is 0. The van der Waals surface area contributed by atoms with Crippen molar-refractivity contribution in [1.82, 2.24) is 14.6 Å². The number of hydrogen-bond acceptors (Lipinski definition) is 2. The Bertz CT molecular complexity index is 773. The third-order valence-electron chi connectivity index (χ3n) is 3.24. The van der Waals surface area contributed by atoms with E-state index in [-0.39, 0.29) is 0 Å². The molecule has 0 unspecified atom stereocenters. The number of aromatic nitrogens is 3. The van der Waals surface area contributed by atoms with Crippen LogP contribution in [0.4, 0.5) is 13.2 Å². The summed E-state index contributed by atoms with van der Waals surface area (Å²) in [5.41, 5.74) is 1.79. The van der Waals surface area contributed by atoms with Crippen molar-refractivity contribution in [3.05, 3.63) is 65.1 Å². The Balaban J connectivity index is 1.87. The van der Waals surface area contributed by atoms with Gasteiger partial charge in [0, 0.05) is 12.1 Å². The minimum Gasteiger partial charge on any atom is -0.218 e. The zero-order chi connectivity index (χ0) is 15.0. The van der Waals surface area contributed by atoms with Crippen molar-refractivity contribution in [2.75, 3.05) is 0 Å². The summed E-state index contributed by atoms with van der Waals surface area (Å²) >= 11 is 0. The van der Waals surface area contributed by atoms with Crippen LogP contribution in [0, 0.1) is 6.92 Å². The van der Waals surface area contributed by atoms with Crippen LogP contribution in [0.1, 0.15) is 22.6 Å². The molecule has 3 rings (SSSR count). The molecule has 2 aromatic heterocycles. The fourth-order valence-corrected chi connectivity index (χ4v) is 2.15. The lowest BCUT2D eigenvalue weighted by molar-refractivity contribution is -0.137. The minimum atomic E-state index is -4.31. The molecule has 0 amide bonds. The van der Waals surface area contributed by atoms with E-state index in [0.29, 0.717) is 12.2 Å². The minimum absolute atomic E-state index is 0.402. The summed E-state index contributed by atoms with van der Waals surface area (Å²) in [7, 11) is 0. The molecule has 3 nitrogen and oxygen atoms in total. The first-order chi connectivity index (χ1) is 9.93. The Kier molecular flexibility index (Phi) is 3.16. The molecule has 0 saturated heterocycles. The van der Waals surface area contributed by atoms with Gasteiger partial charge < -0.3 is 0 Å². The van der Waals surface area contributed by atoms with Gasteiger partial charge in [-0.25, -0.2) is 9.50 Å². The molecular formula is C15H12F3N3. The third-order valence-corrected chi connectivity index (χ3v) is 3.24. The fourth-order valence-electron chi connectivity index (χ4n) is 2.15. The first kappa shape index (κ1) is 13.6. The van der Waals surface area contributed by atoms with Gasteiger partial charge in [0.2, 0.25) is 0 Å². The molecule has 0 atom stereocenters. The highest BCUT2D eigenvalue weighted by atomic mass is 19.4. The lowest BCUT2D eigenvalue weighted by atomic mass is 10.1. The second-order valence-electron chi connectivity index (χ2n) is 4.84. The van der Waals surface area contributed by atoms with Crippen molar-refractivity contribution in [3.63, 3.8) is 0 Å². The molecular weight excluding hydrogens is 279 g/mol. The number of aryl methyl sites for hydroxylation is 1. The summed E-state index contributed by atoms with van der Waals surface area (Å²) in [6.07, 6.45) is -3.91. The summed E-state index contributed by atoms with van der Waals surface area (Å²) in [6, 6.07) is 10.7. The molecule has 21 heavy (non-hydrogen) atoms. The van der Waals surface area contributed by atoms with E-state index in [9.17, 15) is 13.2 Å². The number of pyridine rings is 1. The number of benzene rings is 1. The summed E-state index contributed by atoms with van der Waals surface area (Å²) in [6.45, 7) is 1.92. The Morgan fingerprint density at radius 3 is 2.38 bits per heavy atom. The fraction of sp³-hybridized carbons (Fsp3) is 0.200. The molecule has 0 spiro atoms. The first-order valence-corrected chi connectivity index (χ1v) is 6.41. The van der Waals surface area contributed by atoms with Crippen LogP contribution in [-0.2, 0) is 12.6 Å². The van der Waals surface area contributed by atoms with Crippen molar-refractivity contribution in [2.45, 2.75) is 19.5 Å². The van der Waals surface area contributed by atoms with Gasteiger partial charge in [-0.3, -0.25) is 0 Å². The van der Waals surface area contributed by atoms with E-state index in [1.165, 1.54) is 12.1 Å². The second kappa shape index (κ2) is 4.87. The van der Waals surface area contributed by atoms with E-state index in [4.69, 9.17) is 0 Å². The monoisotopic (exact) mass is 291 g/mol. The number of halogens is 3. The topological polar surface area (TPSA) is 30.2 Å². The number of nitrogens with zero attached hydrogens (tertiary/aromatic N) is 3. The van der Waals surface area contributed by atoms with Gasteiger partial charge in [-0.05, 0) is 36.8 Å². The molecule has 6 heteroatoms. The third kappa shape index (κ3) is 2.74. The van der Waals surface area contributed by atoms with Crippen LogP contribution < -0.4 is 0 Å². The molecule has 1 aromatic carbocycles. The van der Waals surface area contributed by atoms with Gasteiger partial charge in [0.25, 0.3) is 0 Å². The Labute approximate surface area is 119 Å². The van der Waals surface area contributed by atoms with E-state index in [0.717, 1.165) is 29.0 Å². The van der Waals surface area contributed by atoms with Crippen LogP contribution in [0.3, 0.4) is 0 Å². The van der Waals surface area contributed by atoms with Gasteiger partial charge in [0.15, 0.2) is 11.5 Å². The molecule has 108 valence electrons. The maximum Gasteiger partial charge on any atom is 0.416 e. The molecule has 0 aliphatic rings. The normalized spacial score (nSPS) is 12.0. The average Bonchev–Trinajstić information content (AvgIpc) is 2.82. The van der Waals surface area contributed by atoms with Crippen molar-refractivity contribution in [2.24, 2.45) is 0 Å². The highest BCUT2D eigenvalue weighted by molar-refractivity contribution is 5.39. The smallest absolute Gasteiger partial charge is 0.218 e. The van der Waals surface area contributed by atoms with Crippen LogP contribution in [0.25, 0.3) is 5.65 Å². The van der Waals surface area contributed by atoms with Crippen LogP contribution in [-0.4, -0.2) is 14.6 Å². The summed E-state index contributed by atoms with van der Waals surface area (Å²) in [5.74, 6) is 0.587. The largest absolute Gasteiger partial charge is 0.416 e. The quantitative estimate of drug-likeness (QED) is 0.721. The maximum atomic E-state index is 12.5. The molecule has 0 radical (unpaired) electrons. The first-order valence-electron chi connectivity index (χ1n) is 6.41. The molecule has 0 aliphatic carbocycles. The van der Waals surface area contributed by atoms with Gasteiger partial charge >= 0.3 is 6.18 Å². The molecule has 0 fully saturated rings. The maximum absolute atomic E-state index is 12.5. The van der Waals surface area contributed by atoms with E-state index >= 15 is 0 Å². The molecule has 0 saturated carbocycles. The van der Waals surface area contributed by atoms with E-state index in [1.54, 1.807) is 4.52 Å². The molecule has 0 aliphatic heterocycles. The lowest BCUT2D eigenvalue weighted by Crippen LogP contribution is -2.04. The SMILES string of the molecule is Cc1cccc2nc(Cc3ccc(C(F)(F)F)cc3)nn12. The summed E-state index contributed by atoms with van der Waals surface area (Å²) in [4.78, 5) is 4.37. The van der Waals surface area contributed by atoms with Gasteiger partial charge in [-0.15, -0.1) is 0 Å². The molecule has 3 aromatic rings. The van der Waals surface area contributed by atoms with Crippen LogP contribution >= 0.6 is 0 Å². The van der Waals surface area contributed by atoms with Crippen molar-refractivity contribution in [1.29, 1.82) is 0 Å². The van der Waals surface area contributed by atoms with Gasteiger partial charge in [-0.1, -0.05) is 18.2 Å². The van der Waals surface area contributed by atoms with E-state index in [2.05, 4.69) is 10.1 Å². The van der Waals surface area contributed by atoms with Crippen LogP contribution in [0.5, 0.6) is 0 Å². The van der Waals surface area contributed by atoms with Crippen molar-refractivity contribution >= 4 is 5.65 Å². The second-order valence-corrected chi connectivity index (χ2v) is 4.84. The predicted octanol–water partition coefficient (Wildman–Crippen LogP) is 3.65. The Morgan fingerprint density at radius 2 is 1.76 bits per heavy atom. The van der Waals surface area contributed by atoms with Gasteiger partial charge in [0.05, 0.1) is 5.56 Å². The molecule has 0 N–H and O–H groups in total. The molecule has 0 bridgehead atoms. The number of fused-ring (bicyclic) bond motifs is 1. The highest BCUT2D eigenvalue weighted by Gasteiger charge is 2.29. The van der Waals surface area contributed by atoms with E-state index in [1.807, 2.05) is 25.1 Å². The number of alkyl halides is 3. The predicted molar refractivity (Wildman–Crippen MR) is 72.0 cm³/mol. The lowest BCUT2D eigenvalue weighted by Gasteiger charge is -2.06. The Morgan fingerprint density at radius 1 is 1.05 bits per heavy atom. The van der Waals surface area contributed by atoms with Gasteiger partial charge in [-0.2, -0.15) is 18.3 Å². The number of rotatable bonds is 2. The van der Waals surface area contributed by atoms with Crippen molar-refractivity contribution in [3.8, 4) is 0 Å². The zero-order valence-electron chi connectivity index (χ0n) is 11.2. The zero-order valence-corrected chi connectivity index (χ0v) is 11.2. The molecule has 2 heterocycles. The van der Waals surface area contributed by atoms with Crippen LogP contribution in [0.2, 0.25) is 0 Å². The highest BCUT2D eigenvalue weighted by Crippen LogP contribution is 2.29. The standard InChI is InChI=1S/C15H12F3N3/c1-10-3-2-4-14-19-13(20-21(10)14)9-11-5-7-12(8-6-11)15(16,17)18/h2-8H,9H2,1H3. The van der Waals surface area contributed by atoms with Crippen LogP contribution in [0.15, 0.2) is 42.5 Å². The summed E-state index contributed by atoms with van der Waals surface area (Å²) in [5, 5.41) is 4.36. The van der Waals surface area contributed by atoms with Crippen molar-refractivity contribution < 1.29 is 13.2 Å².